The fourth-order valence-corrected chi connectivity index (χ4v) is 8.20. The Bertz CT molecular complexity index is 2220. The summed E-state index contributed by atoms with van der Waals surface area (Å²) in [6.45, 7) is 9.38. The normalized spacial score (nSPS) is 14.4. The highest BCUT2D eigenvalue weighted by molar-refractivity contribution is 5.89. The van der Waals surface area contributed by atoms with Crippen molar-refractivity contribution in [1.29, 1.82) is 0 Å². The Morgan fingerprint density at radius 2 is 0.816 bits per heavy atom. The second-order valence-electron chi connectivity index (χ2n) is 14.3. The summed E-state index contributed by atoms with van der Waals surface area (Å²) in [5.41, 5.74) is 16.3. The summed E-state index contributed by atoms with van der Waals surface area (Å²) in [6, 6.07) is 50.7. The highest BCUT2D eigenvalue weighted by Gasteiger charge is 2.36. The zero-order chi connectivity index (χ0) is 33.3. The van der Waals surface area contributed by atoms with Crippen molar-refractivity contribution in [1.82, 2.24) is 9.97 Å². The molecule has 2 heterocycles. The number of aromatic nitrogens is 2. The van der Waals surface area contributed by atoms with Gasteiger partial charge in [-0.2, -0.15) is 0 Å². The topological polar surface area (TPSA) is 29.0 Å². The molecule has 0 atom stereocenters. The van der Waals surface area contributed by atoms with E-state index in [0.717, 1.165) is 28.5 Å². The minimum atomic E-state index is -0.0864. The zero-order valence-electron chi connectivity index (χ0n) is 28.3. The van der Waals surface area contributed by atoms with Crippen LogP contribution in [0, 0.1) is 0 Å². The minimum absolute atomic E-state index is 0.0864. The number of pyridine rings is 2. The molecule has 0 bridgehead atoms. The molecule has 3 heteroatoms. The smallest absolute Gasteiger partial charge is 0.138 e. The molecule has 0 N–H and O–H groups in total. The lowest BCUT2D eigenvalue weighted by Gasteiger charge is -2.25. The van der Waals surface area contributed by atoms with E-state index in [0.29, 0.717) is 0 Å². The fourth-order valence-electron chi connectivity index (χ4n) is 8.20. The van der Waals surface area contributed by atoms with Crippen molar-refractivity contribution in [2.45, 2.75) is 38.5 Å². The van der Waals surface area contributed by atoms with E-state index in [2.05, 4.69) is 136 Å². The molecule has 7 aromatic rings. The molecule has 3 nitrogen and oxygen atoms in total. The summed E-state index contributed by atoms with van der Waals surface area (Å²) in [5, 5.41) is 0. The first kappa shape index (κ1) is 29.3. The van der Waals surface area contributed by atoms with Crippen molar-refractivity contribution >= 4 is 17.3 Å². The monoisotopic (exact) mass is 631 g/mol. The predicted octanol–water partition coefficient (Wildman–Crippen LogP) is 11.9. The second-order valence-corrected chi connectivity index (χ2v) is 14.3. The first-order valence-corrected chi connectivity index (χ1v) is 17.1. The van der Waals surface area contributed by atoms with E-state index in [4.69, 9.17) is 9.97 Å². The van der Waals surface area contributed by atoms with Crippen LogP contribution in [0.5, 0.6) is 0 Å². The molecule has 0 radical (unpaired) electrons. The van der Waals surface area contributed by atoms with Gasteiger partial charge in [-0.15, -0.1) is 0 Å². The average molecular weight is 632 g/mol. The van der Waals surface area contributed by atoms with E-state index in [1.165, 1.54) is 55.6 Å². The fraction of sp³-hybridized carbons (Fsp3) is 0.130. The first-order valence-electron chi connectivity index (χ1n) is 17.1. The Labute approximate surface area is 288 Å². The molecule has 236 valence electrons. The van der Waals surface area contributed by atoms with Gasteiger partial charge in [0.15, 0.2) is 0 Å². The second kappa shape index (κ2) is 10.9. The highest BCUT2D eigenvalue weighted by Crippen LogP contribution is 2.51. The molecule has 9 rings (SSSR count). The van der Waals surface area contributed by atoms with E-state index in [9.17, 15) is 0 Å². The number of hydrogen-bond acceptors (Lipinski definition) is 3. The van der Waals surface area contributed by atoms with Gasteiger partial charge >= 0.3 is 0 Å². The maximum atomic E-state index is 4.80. The van der Waals surface area contributed by atoms with Crippen molar-refractivity contribution in [3.8, 4) is 44.5 Å². The van der Waals surface area contributed by atoms with Crippen LogP contribution in [-0.2, 0) is 10.8 Å². The van der Waals surface area contributed by atoms with Crippen molar-refractivity contribution in [3.63, 3.8) is 0 Å². The molecule has 0 unspecified atom stereocenters. The molecule has 2 aliphatic carbocycles. The van der Waals surface area contributed by atoms with Gasteiger partial charge in [0.05, 0.1) is 5.69 Å². The number of hydrogen-bond donors (Lipinski definition) is 0. The quantitative estimate of drug-likeness (QED) is 0.189. The lowest BCUT2D eigenvalue weighted by Crippen LogP contribution is -2.15. The van der Waals surface area contributed by atoms with E-state index < -0.39 is 0 Å². The van der Waals surface area contributed by atoms with Crippen LogP contribution < -0.4 is 4.90 Å². The Morgan fingerprint density at radius 1 is 0.388 bits per heavy atom. The zero-order valence-corrected chi connectivity index (χ0v) is 28.3. The van der Waals surface area contributed by atoms with Gasteiger partial charge in [-0.3, -0.25) is 4.90 Å². The molecule has 0 fully saturated rings. The third kappa shape index (κ3) is 4.57. The van der Waals surface area contributed by atoms with Crippen LogP contribution in [0.1, 0.15) is 49.9 Å². The van der Waals surface area contributed by atoms with Gasteiger partial charge < -0.3 is 0 Å². The van der Waals surface area contributed by atoms with E-state index in [-0.39, 0.29) is 10.8 Å². The summed E-state index contributed by atoms with van der Waals surface area (Å²) < 4.78 is 0. The van der Waals surface area contributed by atoms with Crippen LogP contribution in [0.2, 0.25) is 0 Å². The van der Waals surface area contributed by atoms with Crippen LogP contribution in [0.3, 0.4) is 0 Å². The van der Waals surface area contributed by atoms with Crippen LogP contribution in [0.25, 0.3) is 44.5 Å². The van der Waals surface area contributed by atoms with Crippen molar-refractivity contribution in [2.75, 3.05) is 4.90 Å². The molecule has 0 amide bonds. The maximum absolute atomic E-state index is 4.80. The molecule has 0 saturated carbocycles. The number of rotatable bonds is 5. The molecule has 5 aromatic carbocycles. The summed E-state index contributed by atoms with van der Waals surface area (Å²) >= 11 is 0. The van der Waals surface area contributed by atoms with Gasteiger partial charge in [-0.05, 0) is 121 Å². The van der Waals surface area contributed by atoms with E-state index >= 15 is 0 Å². The highest BCUT2D eigenvalue weighted by atomic mass is 15.2. The van der Waals surface area contributed by atoms with Crippen molar-refractivity contribution in [3.05, 3.63) is 174 Å². The van der Waals surface area contributed by atoms with E-state index in [1.807, 2.05) is 48.8 Å². The number of nitrogens with zero attached hydrogens (tertiary/aromatic N) is 3. The minimum Gasteiger partial charge on any atom is -0.279 e. The van der Waals surface area contributed by atoms with E-state index in [1.54, 1.807) is 0 Å². The summed E-state index contributed by atoms with van der Waals surface area (Å²) in [6.07, 6.45) is 3.69. The largest absolute Gasteiger partial charge is 0.279 e. The Kier molecular flexibility index (Phi) is 6.51. The van der Waals surface area contributed by atoms with Gasteiger partial charge in [0, 0.05) is 23.2 Å². The van der Waals surface area contributed by atoms with Crippen LogP contribution in [-0.4, -0.2) is 9.97 Å². The van der Waals surface area contributed by atoms with Crippen LogP contribution >= 0.6 is 0 Å². The number of benzene rings is 5. The maximum Gasteiger partial charge on any atom is 0.138 e. The third-order valence-corrected chi connectivity index (χ3v) is 10.8. The molecule has 0 saturated heterocycles. The van der Waals surface area contributed by atoms with Crippen LogP contribution in [0.15, 0.2) is 152 Å². The molecule has 49 heavy (non-hydrogen) atoms. The molecule has 2 aromatic heterocycles. The Hall–Kier alpha value is -5.80. The molecular weight excluding hydrogens is 595 g/mol. The van der Waals surface area contributed by atoms with Crippen molar-refractivity contribution in [2.24, 2.45) is 0 Å². The Morgan fingerprint density at radius 3 is 1.27 bits per heavy atom. The summed E-state index contributed by atoms with van der Waals surface area (Å²) in [5.74, 6) is 1.64. The standard InChI is InChI=1S/C46H37N3/c1-45(2)39-15-7-5-13-35(39)37-21-19-30(28-41(37)45)32-25-33(31-20-22-38-36-14-6-8-16-40(36)46(3,4)42(38)29-31)27-34(26-32)49(43-17-9-11-23-47-43)44-18-10-12-24-48-44/h5-29H,1-4H3. The number of anilines is 3. The first-order chi connectivity index (χ1) is 23.8. The predicted molar refractivity (Wildman–Crippen MR) is 203 cm³/mol. The average Bonchev–Trinajstić information content (AvgIpc) is 3.51. The van der Waals surface area contributed by atoms with Gasteiger partial charge in [-0.25, -0.2) is 9.97 Å². The molecule has 0 spiro atoms. The summed E-state index contributed by atoms with van der Waals surface area (Å²) in [7, 11) is 0. The van der Waals surface area contributed by atoms with Crippen LogP contribution in [0.4, 0.5) is 17.3 Å². The SMILES string of the molecule is CC1(C)c2ccccc2-c2ccc(-c3cc(-c4ccc5c(c4)C(C)(C)c4ccccc4-5)cc(N(c4ccccn4)c4ccccn4)c3)cc21. The number of fused-ring (bicyclic) bond motifs is 6. The van der Waals surface area contributed by atoms with Gasteiger partial charge in [0.1, 0.15) is 11.6 Å². The Balaban J connectivity index is 1.26. The molecule has 2 aliphatic rings. The molecule has 0 aliphatic heterocycles. The lowest BCUT2D eigenvalue weighted by molar-refractivity contribution is 0.660. The van der Waals surface area contributed by atoms with Crippen molar-refractivity contribution < 1.29 is 0 Å². The lowest BCUT2D eigenvalue weighted by atomic mass is 9.81. The third-order valence-electron chi connectivity index (χ3n) is 10.8. The molecular formula is C46H37N3. The summed E-state index contributed by atoms with van der Waals surface area (Å²) in [4.78, 5) is 11.8. The van der Waals surface area contributed by atoms with Gasteiger partial charge in [0.25, 0.3) is 0 Å². The van der Waals surface area contributed by atoms with Gasteiger partial charge in [0.2, 0.25) is 0 Å². The van der Waals surface area contributed by atoms with Gasteiger partial charge in [-0.1, -0.05) is 113 Å².